The van der Waals surface area contributed by atoms with Crippen molar-refractivity contribution in [2.45, 2.75) is 25.2 Å². The molecule has 1 aromatic rings. The molecule has 0 saturated heterocycles. The normalized spacial score (nSPS) is 11.5. The summed E-state index contributed by atoms with van der Waals surface area (Å²) in [5, 5.41) is 4.98. The Kier molecular flexibility index (Phi) is 5.68. The van der Waals surface area contributed by atoms with Gasteiger partial charge in [0.2, 0.25) is 10.0 Å². The highest BCUT2D eigenvalue weighted by molar-refractivity contribution is 7.89. The molecule has 8 heteroatoms. The predicted octanol–water partition coefficient (Wildman–Crippen LogP) is 1.68. The molecule has 1 rings (SSSR count). The van der Waals surface area contributed by atoms with Crippen molar-refractivity contribution in [3.63, 3.8) is 0 Å². The fraction of sp³-hybridized carbons (Fsp3) is 0.462. The third-order valence-electron chi connectivity index (χ3n) is 2.68. The summed E-state index contributed by atoms with van der Waals surface area (Å²) in [6, 6.07) is 1.79. The number of sulfonamides is 1. The molecular weight excluding hydrogens is 301 g/mol. The summed E-state index contributed by atoms with van der Waals surface area (Å²) in [7, 11) is -3.13. The van der Waals surface area contributed by atoms with Crippen molar-refractivity contribution in [2.75, 3.05) is 13.7 Å². The second kappa shape index (κ2) is 6.86. The lowest BCUT2D eigenvalue weighted by atomic mass is 10.1. The van der Waals surface area contributed by atoms with Crippen molar-refractivity contribution in [3.8, 4) is 5.75 Å². The van der Waals surface area contributed by atoms with Gasteiger partial charge < -0.3 is 9.47 Å². The first-order valence-corrected chi connectivity index (χ1v) is 7.79. The van der Waals surface area contributed by atoms with E-state index in [1.165, 1.54) is 0 Å². The molecule has 1 aromatic carbocycles. The maximum atomic E-state index is 13.8. The zero-order valence-corrected chi connectivity index (χ0v) is 12.9. The third-order valence-corrected chi connectivity index (χ3v) is 3.60. The van der Waals surface area contributed by atoms with Gasteiger partial charge in [-0.25, -0.2) is 22.7 Å². The zero-order chi connectivity index (χ0) is 16.2. The molecule has 0 aliphatic carbocycles. The molecule has 6 nitrogen and oxygen atoms in total. The number of carbonyl (C=O) groups is 1. The molecule has 0 heterocycles. The van der Waals surface area contributed by atoms with Gasteiger partial charge >= 0.3 is 5.97 Å². The van der Waals surface area contributed by atoms with Crippen LogP contribution in [0.2, 0.25) is 0 Å². The first-order chi connectivity index (χ1) is 9.66. The van der Waals surface area contributed by atoms with E-state index in [4.69, 9.17) is 9.88 Å². The predicted molar refractivity (Wildman–Crippen MR) is 74.1 cm³/mol. The van der Waals surface area contributed by atoms with Crippen LogP contribution >= 0.6 is 0 Å². The van der Waals surface area contributed by atoms with Crippen LogP contribution < -0.4 is 9.88 Å². The van der Waals surface area contributed by atoms with Gasteiger partial charge in [0, 0.05) is 0 Å². The molecule has 0 radical (unpaired) electrons. The molecule has 21 heavy (non-hydrogen) atoms. The van der Waals surface area contributed by atoms with Gasteiger partial charge in [0.15, 0.2) is 11.6 Å². The van der Waals surface area contributed by atoms with E-state index in [0.29, 0.717) is 12.3 Å². The largest absolute Gasteiger partial charge is 0.492 e. The Hall–Kier alpha value is -1.67. The van der Waals surface area contributed by atoms with Gasteiger partial charge in [-0.1, -0.05) is 13.8 Å². The Morgan fingerprint density at radius 3 is 2.48 bits per heavy atom. The summed E-state index contributed by atoms with van der Waals surface area (Å²) < 4.78 is 46.3. The van der Waals surface area contributed by atoms with Crippen LogP contribution in [0, 0.1) is 11.7 Å². The van der Waals surface area contributed by atoms with Gasteiger partial charge in [-0.05, 0) is 24.5 Å². The lowest BCUT2D eigenvalue weighted by Crippen LogP contribution is -2.16. The summed E-state index contributed by atoms with van der Waals surface area (Å²) in [4.78, 5) is 11.2. The molecule has 0 bridgehead atoms. The van der Waals surface area contributed by atoms with Gasteiger partial charge in [-0.3, -0.25) is 0 Å². The van der Waals surface area contributed by atoms with Gasteiger partial charge in [0.1, 0.15) is 4.90 Å². The van der Waals surface area contributed by atoms with Crippen LogP contribution in [-0.2, 0) is 14.8 Å². The standard InChI is InChI=1S/C13H18FNO5S/c1-8(2)4-5-20-13(16)9-6-10(14)12(19-3)11(7-9)21(15,17)18/h6-8H,4-5H2,1-3H3,(H2,15,17,18). The molecule has 0 atom stereocenters. The lowest BCUT2D eigenvalue weighted by molar-refractivity contribution is 0.0487. The zero-order valence-electron chi connectivity index (χ0n) is 12.1. The highest BCUT2D eigenvalue weighted by Crippen LogP contribution is 2.28. The van der Waals surface area contributed by atoms with Gasteiger partial charge in [0.05, 0.1) is 19.3 Å². The van der Waals surface area contributed by atoms with E-state index in [1.54, 1.807) is 0 Å². The molecule has 0 unspecified atom stereocenters. The number of hydrogen-bond acceptors (Lipinski definition) is 5. The molecular formula is C13H18FNO5S. The topological polar surface area (TPSA) is 95.7 Å². The number of carbonyl (C=O) groups excluding carboxylic acids is 1. The van der Waals surface area contributed by atoms with Crippen LogP contribution in [-0.4, -0.2) is 28.1 Å². The summed E-state index contributed by atoms with van der Waals surface area (Å²) in [6.07, 6.45) is 0.645. The Bertz CT molecular complexity index is 628. The SMILES string of the molecule is COc1c(F)cc(C(=O)OCCC(C)C)cc1S(N)(=O)=O. The lowest BCUT2D eigenvalue weighted by Gasteiger charge is -2.11. The number of benzene rings is 1. The minimum atomic E-state index is -4.23. The van der Waals surface area contributed by atoms with E-state index < -0.39 is 32.5 Å². The Balaban J connectivity index is 3.10. The van der Waals surface area contributed by atoms with Crippen molar-refractivity contribution in [1.82, 2.24) is 0 Å². The molecule has 0 aromatic heterocycles. The third kappa shape index (κ3) is 4.68. The average Bonchev–Trinajstić information content (AvgIpc) is 2.36. The molecule has 0 amide bonds. The minimum absolute atomic E-state index is 0.162. The van der Waals surface area contributed by atoms with E-state index >= 15 is 0 Å². The molecule has 0 aliphatic heterocycles. The number of ether oxygens (including phenoxy) is 2. The Morgan fingerprint density at radius 2 is 2.00 bits per heavy atom. The highest BCUT2D eigenvalue weighted by atomic mass is 32.2. The van der Waals surface area contributed by atoms with Crippen LogP contribution in [0.5, 0.6) is 5.75 Å². The monoisotopic (exact) mass is 319 g/mol. The van der Waals surface area contributed by atoms with E-state index in [0.717, 1.165) is 19.2 Å². The minimum Gasteiger partial charge on any atom is -0.492 e. The van der Waals surface area contributed by atoms with Crippen molar-refractivity contribution < 1.29 is 27.1 Å². The van der Waals surface area contributed by atoms with Crippen molar-refractivity contribution >= 4 is 16.0 Å². The van der Waals surface area contributed by atoms with Crippen molar-refractivity contribution in [3.05, 3.63) is 23.5 Å². The molecule has 118 valence electrons. The quantitative estimate of drug-likeness (QED) is 0.805. The van der Waals surface area contributed by atoms with E-state index in [1.807, 2.05) is 13.8 Å². The Labute approximate surface area is 123 Å². The summed E-state index contributed by atoms with van der Waals surface area (Å²) in [5.74, 6) is -2.01. The van der Waals surface area contributed by atoms with Crippen LogP contribution in [0.3, 0.4) is 0 Å². The van der Waals surface area contributed by atoms with Crippen molar-refractivity contribution in [1.29, 1.82) is 0 Å². The molecule has 0 saturated carbocycles. The summed E-state index contributed by atoms with van der Waals surface area (Å²) in [5.41, 5.74) is -0.235. The molecule has 0 aliphatic rings. The maximum absolute atomic E-state index is 13.8. The van der Waals surface area contributed by atoms with Crippen LogP contribution in [0.15, 0.2) is 17.0 Å². The number of esters is 1. The first-order valence-electron chi connectivity index (χ1n) is 6.24. The average molecular weight is 319 g/mol. The number of hydrogen-bond donors (Lipinski definition) is 1. The second-order valence-corrected chi connectivity index (χ2v) is 6.38. The molecule has 0 fully saturated rings. The summed E-state index contributed by atoms with van der Waals surface area (Å²) in [6.45, 7) is 4.08. The van der Waals surface area contributed by atoms with E-state index in [2.05, 4.69) is 4.74 Å². The summed E-state index contributed by atoms with van der Waals surface area (Å²) >= 11 is 0. The number of methoxy groups -OCH3 is 1. The smallest absolute Gasteiger partial charge is 0.338 e. The highest BCUT2D eigenvalue weighted by Gasteiger charge is 2.23. The number of halogens is 1. The van der Waals surface area contributed by atoms with Crippen LogP contribution in [0.1, 0.15) is 30.6 Å². The second-order valence-electron chi connectivity index (χ2n) is 4.85. The number of nitrogens with two attached hydrogens (primary N) is 1. The van der Waals surface area contributed by atoms with Gasteiger partial charge in [-0.2, -0.15) is 0 Å². The number of primary sulfonamides is 1. The first kappa shape index (κ1) is 17.4. The Morgan fingerprint density at radius 1 is 1.38 bits per heavy atom. The fourth-order valence-electron chi connectivity index (χ4n) is 1.57. The van der Waals surface area contributed by atoms with E-state index in [9.17, 15) is 17.6 Å². The van der Waals surface area contributed by atoms with Gasteiger partial charge in [0.25, 0.3) is 0 Å². The molecule has 2 N–H and O–H groups in total. The van der Waals surface area contributed by atoms with Crippen LogP contribution in [0.4, 0.5) is 4.39 Å². The van der Waals surface area contributed by atoms with Gasteiger partial charge in [-0.15, -0.1) is 0 Å². The fourth-order valence-corrected chi connectivity index (χ4v) is 2.30. The molecule has 0 spiro atoms. The van der Waals surface area contributed by atoms with E-state index in [-0.39, 0.29) is 12.2 Å². The maximum Gasteiger partial charge on any atom is 0.338 e. The van der Waals surface area contributed by atoms with Crippen molar-refractivity contribution in [2.24, 2.45) is 11.1 Å². The number of rotatable bonds is 6. The van der Waals surface area contributed by atoms with Crippen LogP contribution in [0.25, 0.3) is 0 Å².